The van der Waals surface area contributed by atoms with E-state index in [4.69, 9.17) is 20.4 Å². The van der Waals surface area contributed by atoms with Crippen molar-refractivity contribution in [2.75, 3.05) is 13.1 Å². The second kappa shape index (κ2) is 10.9. The van der Waals surface area contributed by atoms with Crippen molar-refractivity contribution in [1.82, 2.24) is 21.0 Å². The van der Waals surface area contributed by atoms with Crippen LogP contribution < -0.4 is 27.3 Å². The highest BCUT2D eigenvalue weighted by Gasteiger charge is 2.32. The van der Waals surface area contributed by atoms with Gasteiger partial charge >= 0.3 is 17.6 Å². The second-order valence-electron chi connectivity index (χ2n) is 7.46. The van der Waals surface area contributed by atoms with E-state index in [2.05, 4.69) is 16.0 Å². The van der Waals surface area contributed by atoms with E-state index in [0.29, 0.717) is 35.5 Å². The van der Waals surface area contributed by atoms with Gasteiger partial charge in [0.1, 0.15) is 5.58 Å². The molecule has 0 saturated carbocycles. The van der Waals surface area contributed by atoms with E-state index in [9.17, 15) is 24.0 Å². The summed E-state index contributed by atoms with van der Waals surface area (Å²) in [6.45, 7) is 0.740. The summed E-state index contributed by atoms with van der Waals surface area (Å²) in [6, 6.07) is 5.85. The number of hydrogen-bond acceptors (Lipinski definition) is 8. The van der Waals surface area contributed by atoms with Crippen LogP contribution in [0.25, 0.3) is 11.0 Å². The van der Waals surface area contributed by atoms with E-state index in [1.54, 1.807) is 18.2 Å². The number of guanidine groups is 1. The molecule has 1 saturated heterocycles. The molecule has 180 valence electrons. The Morgan fingerprint density at radius 3 is 2.47 bits per heavy atom. The summed E-state index contributed by atoms with van der Waals surface area (Å²) < 4.78 is 5.31. The Morgan fingerprint density at radius 2 is 1.76 bits per heavy atom. The predicted molar refractivity (Wildman–Crippen MR) is 118 cm³/mol. The topological polar surface area (TPSA) is 197 Å². The molecule has 0 bridgehead atoms. The van der Waals surface area contributed by atoms with E-state index >= 15 is 0 Å². The Hall–Kier alpha value is -4.42. The van der Waals surface area contributed by atoms with Crippen LogP contribution in [0, 0.1) is 5.41 Å². The van der Waals surface area contributed by atoms with E-state index in [-0.39, 0.29) is 42.9 Å². The first-order chi connectivity index (χ1) is 16.2. The maximum absolute atomic E-state index is 12.3. The molecule has 1 aromatic carbocycles. The number of urea groups is 1. The summed E-state index contributed by atoms with van der Waals surface area (Å²) in [6.07, 6.45) is 0.336. The van der Waals surface area contributed by atoms with Gasteiger partial charge in [-0.15, -0.1) is 5.06 Å². The van der Waals surface area contributed by atoms with Gasteiger partial charge in [0.15, 0.2) is 5.96 Å². The molecule has 2 aromatic rings. The Morgan fingerprint density at radius 1 is 1.06 bits per heavy atom. The Balaban J connectivity index is 1.54. The second-order valence-corrected chi connectivity index (χ2v) is 7.46. The highest BCUT2D eigenvalue weighted by molar-refractivity contribution is 6.01. The van der Waals surface area contributed by atoms with Crippen molar-refractivity contribution in [3.05, 3.63) is 45.8 Å². The zero-order chi connectivity index (χ0) is 24.7. The van der Waals surface area contributed by atoms with E-state index < -0.39 is 29.4 Å². The molecule has 2 heterocycles. The normalized spacial score (nSPS) is 13.1. The zero-order valence-corrected chi connectivity index (χ0v) is 18.1. The highest BCUT2D eigenvalue weighted by atomic mass is 16.7. The van der Waals surface area contributed by atoms with Crippen molar-refractivity contribution in [2.24, 2.45) is 5.73 Å². The molecular formula is C21H24N6O7. The minimum absolute atomic E-state index is 0.00466. The molecule has 1 aliphatic heterocycles. The van der Waals surface area contributed by atoms with Gasteiger partial charge < -0.3 is 30.9 Å². The van der Waals surface area contributed by atoms with Gasteiger partial charge in [-0.25, -0.2) is 14.4 Å². The molecule has 1 aliphatic rings. The summed E-state index contributed by atoms with van der Waals surface area (Å²) >= 11 is 0. The fraction of sp³-hybridized carbons (Fsp3) is 0.333. The molecule has 34 heavy (non-hydrogen) atoms. The molecule has 13 nitrogen and oxygen atoms in total. The van der Waals surface area contributed by atoms with Crippen molar-refractivity contribution in [2.45, 2.75) is 32.2 Å². The number of hydrogen-bond donors (Lipinski definition) is 5. The zero-order valence-electron chi connectivity index (χ0n) is 18.1. The molecule has 13 heteroatoms. The molecule has 3 rings (SSSR count). The summed E-state index contributed by atoms with van der Waals surface area (Å²) in [5, 5.41) is 15.9. The van der Waals surface area contributed by atoms with Gasteiger partial charge in [-0.3, -0.25) is 15.0 Å². The van der Waals surface area contributed by atoms with Crippen molar-refractivity contribution >= 4 is 40.7 Å². The molecule has 0 radical (unpaired) electrons. The predicted octanol–water partition coefficient (Wildman–Crippen LogP) is -0.385. The summed E-state index contributed by atoms with van der Waals surface area (Å²) in [7, 11) is 0. The Bertz CT molecular complexity index is 1180. The molecule has 1 fully saturated rings. The van der Waals surface area contributed by atoms with Crippen LogP contribution in [0.4, 0.5) is 4.79 Å². The van der Waals surface area contributed by atoms with Crippen LogP contribution in [0.2, 0.25) is 0 Å². The molecule has 4 amide bonds. The molecule has 1 aromatic heterocycles. The minimum Gasteiger partial charge on any atom is -0.422 e. The van der Waals surface area contributed by atoms with Crippen LogP contribution in [0.5, 0.6) is 0 Å². The molecule has 0 atom stereocenters. The van der Waals surface area contributed by atoms with Gasteiger partial charge in [0.05, 0.1) is 18.5 Å². The summed E-state index contributed by atoms with van der Waals surface area (Å²) in [5.74, 6) is -2.07. The maximum Gasteiger partial charge on any atom is 0.341 e. The van der Waals surface area contributed by atoms with Crippen molar-refractivity contribution in [1.29, 1.82) is 5.41 Å². The van der Waals surface area contributed by atoms with E-state index in [1.807, 2.05) is 0 Å². The van der Waals surface area contributed by atoms with Gasteiger partial charge in [0, 0.05) is 31.3 Å². The Labute approximate surface area is 193 Å². The van der Waals surface area contributed by atoms with Crippen molar-refractivity contribution in [3.8, 4) is 0 Å². The van der Waals surface area contributed by atoms with Crippen LogP contribution in [0.15, 0.2) is 33.5 Å². The van der Waals surface area contributed by atoms with Crippen LogP contribution in [0.1, 0.15) is 30.4 Å². The largest absolute Gasteiger partial charge is 0.422 e. The van der Waals surface area contributed by atoms with Crippen LogP contribution in [-0.2, 0) is 32.2 Å². The van der Waals surface area contributed by atoms with E-state index in [0.717, 1.165) is 0 Å². The van der Waals surface area contributed by atoms with Gasteiger partial charge in [-0.1, -0.05) is 12.1 Å². The number of rotatable bonds is 9. The molecular weight excluding hydrogens is 448 g/mol. The first-order valence-electron chi connectivity index (χ1n) is 10.4. The number of fused-ring (bicyclic) bond motifs is 1. The van der Waals surface area contributed by atoms with Crippen LogP contribution in [0.3, 0.4) is 0 Å². The minimum atomic E-state index is -0.797. The molecule has 0 spiro atoms. The number of nitrogens with zero attached hydrogens (tertiary/aromatic N) is 1. The average molecular weight is 472 g/mol. The highest BCUT2D eigenvalue weighted by Crippen LogP contribution is 2.18. The number of carbonyl (C=O) groups excluding carboxylic acids is 4. The standard InChI is InChI=1S/C21H24N6O7/c22-20(23)24-6-1-7-25-21(32)26-11-14-10-13-3-2-12(8-15(13)33-19(14)31)9-18(30)34-27-16(28)4-5-17(27)29/h2-3,8,10H,1,4-7,9,11H2,(H4,22,23,24)(H2,25,26,32). The molecule has 0 unspecified atom stereocenters. The third-order valence-electron chi connectivity index (χ3n) is 4.81. The number of amides is 4. The Kier molecular flexibility index (Phi) is 7.79. The quantitative estimate of drug-likeness (QED) is 0.106. The van der Waals surface area contributed by atoms with Gasteiger partial charge in [-0.05, 0) is 24.1 Å². The van der Waals surface area contributed by atoms with Gasteiger partial charge in [0.25, 0.3) is 11.8 Å². The number of hydroxylamine groups is 2. The van der Waals surface area contributed by atoms with Crippen molar-refractivity contribution < 1.29 is 28.4 Å². The molecule has 6 N–H and O–H groups in total. The number of nitrogens with one attached hydrogen (secondary N) is 4. The summed E-state index contributed by atoms with van der Waals surface area (Å²) in [5.41, 5.74) is 5.44. The monoisotopic (exact) mass is 472 g/mol. The lowest BCUT2D eigenvalue weighted by atomic mass is 10.1. The van der Waals surface area contributed by atoms with Gasteiger partial charge in [0.2, 0.25) is 0 Å². The fourth-order valence-corrected chi connectivity index (χ4v) is 3.14. The first-order valence-corrected chi connectivity index (χ1v) is 10.4. The number of imide groups is 1. The first kappa shape index (κ1) is 24.2. The lowest BCUT2D eigenvalue weighted by molar-refractivity contribution is -0.197. The summed E-state index contributed by atoms with van der Waals surface area (Å²) in [4.78, 5) is 64.2. The van der Waals surface area contributed by atoms with Crippen molar-refractivity contribution in [3.63, 3.8) is 0 Å². The van der Waals surface area contributed by atoms with Crippen LogP contribution >= 0.6 is 0 Å². The maximum atomic E-state index is 12.3. The lowest BCUT2D eigenvalue weighted by Gasteiger charge is -2.12. The number of benzene rings is 1. The van der Waals surface area contributed by atoms with Crippen LogP contribution in [-0.4, -0.2) is 47.9 Å². The molecule has 0 aliphatic carbocycles. The number of nitrogens with two attached hydrogens (primary N) is 1. The fourth-order valence-electron chi connectivity index (χ4n) is 3.14. The SMILES string of the molecule is N=C(N)NCCCNC(=O)NCc1cc2ccc(CC(=O)ON3C(=O)CCC3=O)cc2oc1=O. The number of carbonyl (C=O) groups is 4. The van der Waals surface area contributed by atoms with Gasteiger partial charge in [-0.2, -0.15) is 0 Å². The third kappa shape index (κ3) is 6.54. The third-order valence-corrected chi connectivity index (χ3v) is 4.81. The smallest absolute Gasteiger partial charge is 0.341 e. The van der Waals surface area contributed by atoms with E-state index in [1.165, 1.54) is 6.07 Å². The average Bonchev–Trinajstić information content (AvgIpc) is 3.09. The lowest BCUT2D eigenvalue weighted by Crippen LogP contribution is -2.38.